The van der Waals surface area contributed by atoms with E-state index in [0.717, 1.165) is 19.3 Å². The first-order valence-corrected chi connectivity index (χ1v) is 8.43. The molecule has 1 aromatic heterocycles. The van der Waals surface area contributed by atoms with Gasteiger partial charge in [0, 0.05) is 6.54 Å². The van der Waals surface area contributed by atoms with E-state index in [0.29, 0.717) is 12.8 Å². The summed E-state index contributed by atoms with van der Waals surface area (Å²) < 4.78 is 32.0. The standard InChI is InChI=1S/C13H20N2O5S/c1-9-11(10(2)20-15-9)21(18,19)14-8-13(12(16)17)6-4-3-5-7-13/h14H,3-8H2,1-2H3,(H,16,17). The lowest BCUT2D eigenvalue weighted by atomic mass is 9.74. The van der Waals surface area contributed by atoms with Crippen LogP contribution in [0.25, 0.3) is 0 Å². The smallest absolute Gasteiger partial charge is 0.310 e. The Labute approximate surface area is 123 Å². The molecule has 2 N–H and O–H groups in total. The Kier molecular flexibility index (Phi) is 4.38. The molecule has 0 saturated heterocycles. The summed E-state index contributed by atoms with van der Waals surface area (Å²) in [4.78, 5) is 11.5. The Bertz CT molecular complexity index is 609. The van der Waals surface area contributed by atoms with Crippen LogP contribution in [0.1, 0.15) is 43.6 Å². The predicted octanol–water partition coefficient (Wildman–Crippen LogP) is 1.60. The summed E-state index contributed by atoms with van der Waals surface area (Å²) in [6.07, 6.45) is 3.59. The van der Waals surface area contributed by atoms with E-state index in [-0.39, 0.29) is 22.9 Å². The van der Waals surface area contributed by atoms with Gasteiger partial charge >= 0.3 is 5.97 Å². The van der Waals surface area contributed by atoms with Gasteiger partial charge in [0.2, 0.25) is 10.0 Å². The summed E-state index contributed by atoms with van der Waals surface area (Å²) in [7, 11) is -3.82. The van der Waals surface area contributed by atoms with Crippen LogP contribution in [0, 0.1) is 19.3 Å². The van der Waals surface area contributed by atoms with E-state index in [9.17, 15) is 18.3 Å². The maximum absolute atomic E-state index is 12.3. The van der Waals surface area contributed by atoms with E-state index in [1.807, 2.05) is 0 Å². The molecule has 2 rings (SSSR count). The highest BCUT2D eigenvalue weighted by Crippen LogP contribution is 2.36. The maximum atomic E-state index is 12.3. The molecule has 0 spiro atoms. The third kappa shape index (κ3) is 3.11. The molecule has 0 amide bonds. The molecule has 8 heteroatoms. The van der Waals surface area contributed by atoms with Crippen LogP contribution in [0.5, 0.6) is 0 Å². The first kappa shape index (κ1) is 16.0. The number of aromatic nitrogens is 1. The van der Waals surface area contributed by atoms with Crippen molar-refractivity contribution in [3.05, 3.63) is 11.5 Å². The summed E-state index contributed by atoms with van der Waals surface area (Å²) in [6.45, 7) is 2.95. The van der Waals surface area contributed by atoms with Crippen LogP contribution in [0.3, 0.4) is 0 Å². The molecule has 21 heavy (non-hydrogen) atoms. The van der Waals surface area contributed by atoms with Gasteiger partial charge in [-0.2, -0.15) is 0 Å². The largest absolute Gasteiger partial charge is 0.481 e. The monoisotopic (exact) mass is 316 g/mol. The minimum atomic E-state index is -3.82. The first-order chi connectivity index (χ1) is 9.78. The lowest BCUT2D eigenvalue weighted by Crippen LogP contribution is -2.44. The van der Waals surface area contributed by atoms with E-state index < -0.39 is 21.4 Å². The van der Waals surface area contributed by atoms with Gasteiger partial charge in [0.1, 0.15) is 10.6 Å². The second kappa shape index (κ2) is 5.76. The number of carboxylic acids is 1. The molecule has 118 valence electrons. The summed E-state index contributed by atoms with van der Waals surface area (Å²) in [6, 6.07) is 0. The number of rotatable bonds is 5. The van der Waals surface area contributed by atoms with Crippen molar-refractivity contribution in [1.82, 2.24) is 9.88 Å². The van der Waals surface area contributed by atoms with Crippen molar-refractivity contribution < 1.29 is 22.8 Å². The zero-order chi connectivity index (χ0) is 15.7. The molecule has 0 atom stereocenters. The number of aliphatic carboxylic acids is 1. The lowest BCUT2D eigenvalue weighted by molar-refractivity contribution is -0.150. The van der Waals surface area contributed by atoms with Crippen LogP contribution in [0.15, 0.2) is 9.42 Å². The molecular weight excluding hydrogens is 296 g/mol. The van der Waals surface area contributed by atoms with Gasteiger partial charge in [-0.25, -0.2) is 13.1 Å². The average Bonchev–Trinajstić information content (AvgIpc) is 2.77. The van der Waals surface area contributed by atoms with Crippen LogP contribution in [0.2, 0.25) is 0 Å². The molecule has 7 nitrogen and oxygen atoms in total. The van der Waals surface area contributed by atoms with Gasteiger partial charge < -0.3 is 9.63 Å². The van der Waals surface area contributed by atoms with Crippen molar-refractivity contribution in [3.8, 4) is 0 Å². The molecule has 0 aromatic carbocycles. The first-order valence-electron chi connectivity index (χ1n) is 6.94. The fourth-order valence-corrected chi connectivity index (χ4v) is 4.31. The molecule has 1 saturated carbocycles. The van der Waals surface area contributed by atoms with Crippen LogP contribution >= 0.6 is 0 Å². The quantitative estimate of drug-likeness (QED) is 0.854. The third-order valence-electron chi connectivity index (χ3n) is 4.10. The Balaban J connectivity index is 2.19. The van der Waals surface area contributed by atoms with Crippen LogP contribution < -0.4 is 4.72 Å². The molecule has 0 radical (unpaired) electrons. The Morgan fingerprint density at radius 1 is 1.33 bits per heavy atom. The van der Waals surface area contributed by atoms with Gasteiger partial charge in [-0.1, -0.05) is 24.4 Å². The highest BCUT2D eigenvalue weighted by atomic mass is 32.2. The minimum absolute atomic E-state index is 0.00107. The minimum Gasteiger partial charge on any atom is -0.481 e. The summed E-state index contributed by atoms with van der Waals surface area (Å²) in [5.41, 5.74) is -0.738. The molecular formula is C13H20N2O5S. The third-order valence-corrected chi connectivity index (χ3v) is 5.75. The number of nitrogens with one attached hydrogen (secondary N) is 1. The van der Waals surface area contributed by atoms with E-state index >= 15 is 0 Å². The zero-order valence-corrected chi connectivity index (χ0v) is 13.0. The highest BCUT2D eigenvalue weighted by molar-refractivity contribution is 7.89. The Morgan fingerprint density at radius 2 is 1.95 bits per heavy atom. The van der Waals surface area contributed by atoms with Crippen LogP contribution in [0.4, 0.5) is 0 Å². The second-order valence-electron chi connectivity index (χ2n) is 5.62. The fraction of sp³-hybridized carbons (Fsp3) is 0.692. The second-order valence-corrected chi connectivity index (χ2v) is 7.33. The van der Waals surface area contributed by atoms with Crippen molar-refractivity contribution in [3.63, 3.8) is 0 Å². The van der Waals surface area contributed by atoms with Crippen molar-refractivity contribution >= 4 is 16.0 Å². The SMILES string of the molecule is Cc1noc(C)c1S(=O)(=O)NCC1(C(=O)O)CCCCC1. The topological polar surface area (TPSA) is 110 Å². The fourth-order valence-electron chi connectivity index (χ4n) is 2.86. The highest BCUT2D eigenvalue weighted by Gasteiger charge is 2.41. The van der Waals surface area contributed by atoms with Gasteiger partial charge in [-0.15, -0.1) is 0 Å². The molecule has 0 unspecified atom stereocenters. The molecule has 1 aliphatic carbocycles. The van der Waals surface area contributed by atoms with Crippen molar-refractivity contribution in [2.45, 2.75) is 50.8 Å². The van der Waals surface area contributed by atoms with Gasteiger partial charge in [-0.3, -0.25) is 4.79 Å². The Hall–Kier alpha value is -1.41. The normalized spacial score (nSPS) is 18.6. The number of hydrogen-bond acceptors (Lipinski definition) is 5. The average molecular weight is 316 g/mol. The van der Waals surface area contributed by atoms with Gasteiger partial charge in [-0.05, 0) is 26.7 Å². The molecule has 1 aliphatic rings. The van der Waals surface area contributed by atoms with Crippen LogP contribution in [-0.4, -0.2) is 31.2 Å². The van der Waals surface area contributed by atoms with Crippen LogP contribution in [-0.2, 0) is 14.8 Å². The summed E-state index contributed by atoms with van der Waals surface area (Å²) in [5, 5.41) is 13.1. The molecule has 0 aliphatic heterocycles. The molecule has 0 bridgehead atoms. The van der Waals surface area contributed by atoms with Gasteiger partial charge in [0.25, 0.3) is 0 Å². The lowest BCUT2D eigenvalue weighted by Gasteiger charge is -2.33. The number of hydrogen-bond donors (Lipinski definition) is 2. The van der Waals surface area contributed by atoms with E-state index in [1.54, 1.807) is 6.92 Å². The number of carboxylic acid groups (broad SMARTS) is 1. The number of carbonyl (C=O) groups is 1. The van der Waals surface area contributed by atoms with E-state index in [4.69, 9.17) is 4.52 Å². The summed E-state index contributed by atoms with van der Waals surface area (Å²) in [5.74, 6) is -0.739. The number of sulfonamides is 1. The maximum Gasteiger partial charge on any atom is 0.310 e. The Morgan fingerprint density at radius 3 is 2.43 bits per heavy atom. The van der Waals surface area contributed by atoms with Gasteiger partial charge in [0.15, 0.2) is 5.76 Å². The van der Waals surface area contributed by atoms with Crippen molar-refractivity contribution in [2.24, 2.45) is 5.41 Å². The van der Waals surface area contributed by atoms with E-state index in [1.165, 1.54) is 6.92 Å². The number of nitrogens with zero attached hydrogens (tertiary/aromatic N) is 1. The van der Waals surface area contributed by atoms with E-state index in [2.05, 4.69) is 9.88 Å². The van der Waals surface area contributed by atoms with Crippen molar-refractivity contribution in [1.29, 1.82) is 0 Å². The summed E-state index contributed by atoms with van der Waals surface area (Å²) >= 11 is 0. The zero-order valence-electron chi connectivity index (χ0n) is 12.2. The molecule has 1 fully saturated rings. The van der Waals surface area contributed by atoms with Gasteiger partial charge in [0.05, 0.1) is 5.41 Å². The molecule has 1 aromatic rings. The predicted molar refractivity (Wildman–Crippen MR) is 74.3 cm³/mol. The van der Waals surface area contributed by atoms with Crippen molar-refractivity contribution in [2.75, 3.05) is 6.54 Å². The molecule has 1 heterocycles. The number of aryl methyl sites for hydroxylation is 2.